The van der Waals surface area contributed by atoms with Gasteiger partial charge < -0.3 is 5.32 Å². The molecule has 0 amide bonds. The molecular weight excluding hydrogens is 112 g/mol. The molecule has 0 saturated heterocycles. The molecule has 0 aliphatic carbocycles. The maximum absolute atomic E-state index is 3.37. The second kappa shape index (κ2) is 2.87. The van der Waals surface area contributed by atoms with Gasteiger partial charge in [0.05, 0.1) is 6.17 Å². The van der Waals surface area contributed by atoms with Crippen molar-refractivity contribution in [2.45, 2.75) is 32.5 Å². The Labute approximate surface area is 57.8 Å². The van der Waals surface area contributed by atoms with Gasteiger partial charge in [-0.25, -0.2) is 0 Å². The van der Waals surface area contributed by atoms with Crippen LogP contribution in [0.15, 0.2) is 12.3 Å². The Kier molecular flexibility index (Phi) is 2.11. The van der Waals surface area contributed by atoms with Crippen LogP contribution in [0, 0.1) is 0 Å². The van der Waals surface area contributed by atoms with Crippen molar-refractivity contribution in [1.82, 2.24) is 10.6 Å². The summed E-state index contributed by atoms with van der Waals surface area (Å²) >= 11 is 0. The van der Waals surface area contributed by atoms with E-state index in [-0.39, 0.29) is 1.43 Å². The summed E-state index contributed by atoms with van der Waals surface area (Å²) in [6.07, 6.45) is 5.78. The molecule has 0 saturated carbocycles. The summed E-state index contributed by atoms with van der Waals surface area (Å²) in [7, 11) is 0. The number of rotatable bonds is 1. The zero-order valence-electron chi connectivity index (χ0n) is 6.02. The van der Waals surface area contributed by atoms with Crippen molar-refractivity contribution in [3.05, 3.63) is 12.3 Å². The van der Waals surface area contributed by atoms with E-state index in [1.807, 2.05) is 6.20 Å². The summed E-state index contributed by atoms with van der Waals surface area (Å²) in [5.41, 5.74) is 0. The van der Waals surface area contributed by atoms with Crippen LogP contribution in [0.25, 0.3) is 0 Å². The number of hydrogen-bond acceptors (Lipinski definition) is 2. The Morgan fingerprint density at radius 2 is 2.44 bits per heavy atom. The third kappa shape index (κ3) is 1.72. The second-order valence-corrected chi connectivity index (χ2v) is 2.43. The van der Waals surface area contributed by atoms with Gasteiger partial charge >= 0.3 is 0 Å². The highest BCUT2D eigenvalue weighted by Gasteiger charge is 2.08. The maximum Gasteiger partial charge on any atom is 0.0738 e. The Morgan fingerprint density at radius 1 is 1.67 bits per heavy atom. The SMILES string of the molecule is CCC1C=CNC(C)N1.[HH]. The van der Waals surface area contributed by atoms with Crippen LogP contribution >= 0.6 is 0 Å². The van der Waals surface area contributed by atoms with E-state index in [0.717, 1.165) is 0 Å². The van der Waals surface area contributed by atoms with Gasteiger partial charge in [-0.15, -0.1) is 0 Å². The lowest BCUT2D eigenvalue weighted by Gasteiger charge is -2.24. The predicted octanol–water partition coefficient (Wildman–Crippen LogP) is 1.06. The molecule has 0 fully saturated rings. The van der Waals surface area contributed by atoms with Crippen LogP contribution < -0.4 is 10.6 Å². The van der Waals surface area contributed by atoms with E-state index >= 15 is 0 Å². The summed E-state index contributed by atoms with van der Waals surface area (Å²) < 4.78 is 0. The molecule has 9 heavy (non-hydrogen) atoms. The van der Waals surface area contributed by atoms with E-state index in [2.05, 4.69) is 30.6 Å². The molecule has 1 heterocycles. The molecule has 0 aromatic heterocycles. The normalized spacial score (nSPS) is 34.0. The summed E-state index contributed by atoms with van der Waals surface area (Å²) in [4.78, 5) is 0. The quantitative estimate of drug-likeness (QED) is 0.552. The molecule has 2 nitrogen and oxygen atoms in total. The molecular formula is C7H16N2. The van der Waals surface area contributed by atoms with Crippen molar-refractivity contribution >= 4 is 0 Å². The lowest BCUT2D eigenvalue weighted by Crippen LogP contribution is -2.45. The average molecular weight is 128 g/mol. The predicted molar refractivity (Wildman–Crippen MR) is 41.1 cm³/mol. The van der Waals surface area contributed by atoms with Gasteiger partial charge in [-0.3, -0.25) is 5.32 Å². The topological polar surface area (TPSA) is 24.1 Å². The van der Waals surface area contributed by atoms with Gasteiger partial charge in [0.1, 0.15) is 0 Å². The highest BCUT2D eigenvalue weighted by molar-refractivity contribution is 4.97. The van der Waals surface area contributed by atoms with E-state index in [1.54, 1.807) is 0 Å². The smallest absolute Gasteiger partial charge is 0.0738 e. The van der Waals surface area contributed by atoms with Crippen molar-refractivity contribution in [2.75, 3.05) is 0 Å². The molecule has 0 spiro atoms. The first-order chi connectivity index (χ1) is 4.33. The summed E-state index contributed by atoms with van der Waals surface area (Å²) in [6, 6.07) is 0.571. The van der Waals surface area contributed by atoms with Crippen LogP contribution in [-0.2, 0) is 0 Å². The molecule has 1 aliphatic rings. The van der Waals surface area contributed by atoms with Gasteiger partial charge in [-0.1, -0.05) is 13.0 Å². The standard InChI is InChI=1S/C7H14N2.H2/c1-3-7-4-5-8-6(2)9-7;/h4-9H,3H2,1-2H3;1H. The fourth-order valence-corrected chi connectivity index (χ4v) is 0.995. The fourth-order valence-electron chi connectivity index (χ4n) is 0.995. The van der Waals surface area contributed by atoms with Gasteiger partial charge in [0.15, 0.2) is 0 Å². The first kappa shape index (κ1) is 6.62. The van der Waals surface area contributed by atoms with Crippen LogP contribution in [0.2, 0.25) is 0 Å². The summed E-state index contributed by atoms with van der Waals surface area (Å²) in [5.74, 6) is 0. The van der Waals surface area contributed by atoms with Gasteiger partial charge in [0.2, 0.25) is 0 Å². The van der Waals surface area contributed by atoms with Crippen LogP contribution in [0.5, 0.6) is 0 Å². The minimum atomic E-state index is 0. The fraction of sp³-hybridized carbons (Fsp3) is 0.714. The molecule has 2 N–H and O–H groups in total. The van der Waals surface area contributed by atoms with E-state index in [1.165, 1.54) is 6.42 Å². The largest absolute Gasteiger partial charge is 0.376 e. The molecule has 0 aromatic carbocycles. The molecule has 1 aliphatic heterocycles. The molecule has 2 heteroatoms. The third-order valence-corrected chi connectivity index (χ3v) is 1.58. The zero-order chi connectivity index (χ0) is 6.69. The van der Waals surface area contributed by atoms with Crippen LogP contribution in [0.1, 0.15) is 21.7 Å². The van der Waals surface area contributed by atoms with Crippen molar-refractivity contribution in [1.29, 1.82) is 0 Å². The lowest BCUT2D eigenvalue weighted by atomic mass is 10.2. The van der Waals surface area contributed by atoms with E-state index in [4.69, 9.17) is 0 Å². The Morgan fingerprint density at radius 3 is 2.89 bits per heavy atom. The van der Waals surface area contributed by atoms with Crippen LogP contribution in [0.3, 0.4) is 0 Å². The Hall–Kier alpha value is -0.500. The molecule has 0 radical (unpaired) electrons. The van der Waals surface area contributed by atoms with Crippen molar-refractivity contribution in [3.63, 3.8) is 0 Å². The minimum absolute atomic E-state index is 0. The highest BCUT2D eigenvalue weighted by atomic mass is 15.1. The molecule has 0 aromatic rings. The minimum Gasteiger partial charge on any atom is -0.376 e. The molecule has 54 valence electrons. The average Bonchev–Trinajstić information content (AvgIpc) is 1.88. The molecule has 0 bridgehead atoms. The zero-order valence-corrected chi connectivity index (χ0v) is 6.02. The number of hydrogen-bond donors (Lipinski definition) is 2. The highest BCUT2D eigenvalue weighted by Crippen LogP contribution is 1.97. The Balaban J connectivity index is 0.000000810. The van der Waals surface area contributed by atoms with Crippen molar-refractivity contribution < 1.29 is 1.43 Å². The van der Waals surface area contributed by atoms with E-state index in [9.17, 15) is 0 Å². The van der Waals surface area contributed by atoms with Gasteiger partial charge in [0.25, 0.3) is 0 Å². The molecule has 2 unspecified atom stereocenters. The monoisotopic (exact) mass is 128 g/mol. The Bertz CT molecular complexity index is 114. The van der Waals surface area contributed by atoms with Crippen LogP contribution in [-0.4, -0.2) is 12.2 Å². The van der Waals surface area contributed by atoms with E-state index in [0.29, 0.717) is 12.2 Å². The van der Waals surface area contributed by atoms with Crippen molar-refractivity contribution in [2.24, 2.45) is 0 Å². The molecule has 1 rings (SSSR count). The van der Waals surface area contributed by atoms with Gasteiger partial charge in [-0.2, -0.15) is 0 Å². The van der Waals surface area contributed by atoms with E-state index < -0.39 is 0 Å². The van der Waals surface area contributed by atoms with Crippen LogP contribution in [0.4, 0.5) is 0 Å². The first-order valence-electron chi connectivity index (χ1n) is 3.51. The summed E-state index contributed by atoms with van der Waals surface area (Å²) in [5, 5.41) is 6.52. The second-order valence-electron chi connectivity index (χ2n) is 2.43. The van der Waals surface area contributed by atoms with Gasteiger partial charge in [-0.05, 0) is 19.5 Å². The first-order valence-corrected chi connectivity index (χ1v) is 3.51. The van der Waals surface area contributed by atoms with Gasteiger partial charge in [0, 0.05) is 7.47 Å². The molecule has 2 atom stereocenters. The third-order valence-electron chi connectivity index (χ3n) is 1.58. The van der Waals surface area contributed by atoms with Crippen molar-refractivity contribution in [3.8, 4) is 0 Å². The lowest BCUT2D eigenvalue weighted by molar-refractivity contribution is 0.432. The number of nitrogens with one attached hydrogen (secondary N) is 2. The summed E-state index contributed by atoms with van der Waals surface area (Å²) in [6.45, 7) is 4.30. The maximum atomic E-state index is 3.37.